The van der Waals surface area contributed by atoms with Crippen LogP contribution in [-0.2, 0) is 14.8 Å². The quantitative estimate of drug-likeness (QED) is 0.881. The van der Waals surface area contributed by atoms with Crippen molar-refractivity contribution in [3.63, 3.8) is 0 Å². The lowest BCUT2D eigenvalue weighted by atomic mass is 10.3. The molecule has 116 valence electrons. The Morgan fingerprint density at radius 2 is 1.95 bits per heavy atom. The van der Waals surface area contributed by atoms with Gasteiger partial charge in [0.2, 0.25) is 15.9 Å². The molecule has 0 saturated heterocycles. The molecule has 2 N–H and O–H groups in total. The molecule has 1 aliphatic rings. The molecule has 1 aromatic carbocycles. The monoisotopic (exact) mass is 336 g/mol. The average molecular weight is 336 g/mol. The molecule has 0 aliphatic heterocycles. The fourth-order valence-electron chi connectivity index (χ4n) is 2.33. The van der Waals surface area contributed by atoms with Gasteiger partial charge in [0, 0.05) is 29.4 Å². The van der Waals surface area contributed by atoms with Crippen molar-refractivity contribution in [2.45, 2.75) is 30.2 Å². The van der Waals surface area contributed by atoms with Crippen LogP contribution in [0.4, 0.5) is 5.69 Å². The molecule has 0 spiro atoms. The van der Waals surface area contributed by atoms with E-state index in [1.807, 2.05) is 17.5 Å². The molecule has 0 bridgehead atoms. The van der Waals surface area contributed by atoms with Crippen molar-refractivity contribution in [1.29, 1.82) is 0 Å². The summed E-state index contributed by atoms with van der Waals surface area (Å²) in [6.45, 7) is 1.41. The standard InChI is InChI=1S/C15H16N2O3S2/c1-10(18)16-11-4-6-12(7-5-11)22(19,20)17-14-9-13(14)15-3-2-8-21-15/h2-8,13-14,17H,9H2,1H3,(H,16,18). The molecule has 22 heavy (non-hydrogen) atoms. The van der Waals surface area contributed by atoms with E-state index < -0.39 is 10.0 Å². The molecule has 1 aromatic heterocycles. The van der Waals surface area contributed by atoms with Gasteiger partial charge in [-0.15, -0.1) is 11.3 Å². The third-order valence-electron chi connectivity index (χ3n) is 3.49. The maximum absolute atomic E-state index is 12.3. The van der Waals surface area contributed by atoms with Crippen LogP contribution >= 0.6 is 11.3 Å². The lowest BCUT2D eigenvalue weighted by molar-refractivity contribution is -0.114. The van der Waals surface area contributed by atoms with Gasteiger partial charge in [-0.05, 0) is 42.1 Å². The predicted octanol–water partition coefficient (Wildman–Crippen LogP) is 2.54. The smallest absolute Gasteiger partial charge is 0.240 e. The second-order valence-corrected chi connectivity index (χ2v) is 7.98. The van der Waals surface area contributed by atoms with E-state index in [0.717, 1.165) is 6.42 Å². The number of nitrogens with one attached hydrogen (secondary N) is 2. The van der Waals surface area contributed by atoms with Crippen molar-refractivity contribution in [3.8, 4) is 0 Å². The van der Waals surface area contributed by atoms with Crippen molar-refractivity contribution >= 4 is 33.0 Å². The number of rotatable bonds is 5. The van der Waals surface area contributed by atoms with Gasteiger partial charge in [0.1, 0.15) is 0 Å². The number of benzene rings is 1. The third-order valence-corrected chi connectivity index (χ3v) is 6.00. The Bertz CT molecular complexity index is 768. The van der Waals surface area contributed by atoms with Crippen molar-refractivity contribution in [2.24, 2.45) is 0 Å². The SMILES string of the molecule is CC(=O)Nc1ccc(S(=O)(=O)NC2CC2c2cccs2)cc1. The third kappa shape index (κ3) is 3.37. The van der Waals surface area contributed by atoms with Gasteiger partial charge in [0.05, 0.1) is 4.90 Å². The lowest BCUT2D eigenvalue weighted by Gasteiger charge is -2.07. The van der Waals surface area contributed by atoms with Gasteiger partial charge in [-0.3, -0.25) is 4.79 Å². The van der Waals surface area contributed by atoms with Crippen molar-refractivity contribution in [1.82, 2.24) is 4.72 Å². The van der Waals surface area contributed by atoms with Gasteiger partial charge in [0.25, 0.3) is 0 Å². The Kier molecular flexibility index (Phi) is 4.03. The van der Waals surface area contributed by atoms with Gasteiger partial charge in [-0.1, -0.05) is 6.07 Å². The van der Waals surface area contributed by atoms with Crippen LogP contribution < -0.4 is 10.0 Å². The first-order chi connectivity index (χ1) is 10.5. The minimum atomic E-state index is -3.52. The fourth-order valence-corrected chi connectivity index (χ4v) is 4.53. The van der Waals surface area contributed by atoms with Crippen LogP contribution in [-0.4, -0.2) is 20.4 Å². The van der Waals surface area contributed by atoms with Crippen molar-refractivity contribution < 1.29 is 13.2 Å². The van der Waals surface area contributed by atoms with Crippen LogP contribution in [0.1, 0.15) is 24.1 Å². The van der Waals surface area contributed by atoms with Crippen LogP contribution in [0, 0.1) is 0 Å². The van der Waals surface area contributed by atoms with Crippen molar-refractivity contribution in [3.05, 3.63) is 46.7 Å². The van der Waals surface area contributed by atoms with Gasteiger partial charge in [-0.2, -0.15) is 0 Å². The zero-order valence-corrected chi connectivity index (χ0v) is 13.6. The second-order valence-electron chi connectivity index (χ2n) is 5.29. The van der Waals surface area contributed by atoms with Crippen LogP contribution in [0.5, 0.6) is 0 Å². The number of sulfonamides is 1. The topological polar surface area (TPSA) is 75.3 Å². The molecule has 1 amide bonds. The predicted molar refractivity (Wildman–Crippen MR) is 86.5 cm³/mol. The van der Waals surface area contributed by atoms with E-state index in [4.69, 9.17) is 0 Å². The highest BCUT2D eigenvalue weighted by Gasteiger charge is 2.41. The Labute approximate surface area is 133 Å². The van der Waals surface area contributed by atoms with Crippen molar-refractivity contribution in [2.75, 3.05) is 5.32 Å². The zero-order valence-electron chi connectivity index (χ0n) is 11.9. The normalized spacial score (nSPS) is 20.6. The summed E-state index contributed by atoms with van der Waals surface area (Å²) >= 11 is 1.65. The Balaban J connectivity index is 1.67. The highest BCUT2D eigenvalue weighted by molar-refractivity contribution is 7.89. The first-order valence-electron chi connectivity index (χ1n) is 6.89. The van der Waals surface area contributed by atoms with E-state index >= 15 is 0 Å². The molecule has 1 fully saturated rings. The van der Waals surface area contributed by atoms with E-state index in [2.05, 4.69) is 10.0 Å². The first kappa shape index (κ1) is 15.2. The average Bonchev–Trinajstić information content (AvgIpc) is 2.99. The molecule has 2 aromatic rings. The lowest BCUT2D eigenvalue weighted by Crippen LogP contribution is -2.26. The van der Waals surface area contributed by atoms with Crippen LogP contribution in [0.2, 0.25) is 0 Å². The summed E-state index contributed by atoms with van der Waals surface area (Å²) in [5.41, 5.74) is 0.578. The molecular formula is C15H16N2O3S2. The number of hydrogen-bond donors (Lipinski definition) is 2. The maximum Gasteiger partial charge on any atom is 0.240 e. The van der Waals surface area contributed by atoms with Crippen LogP contribution in [0.3, 0.4) is 0 Å². The summed E-state index contributed by atoms with van der Waals surface area (Å²) in [6, 6.07) is 10.1. The molecule has 5 nitrogen and oxygen atoms in total. The summed E-state index contributed by atoms with van der Waals surface area (Å²) in [7, 11) is -3.52. The highest BCUT2D eigenvalue weighted by Crippen LogP contribution is 2.43. The molecule has 2 unspecified atom stereocenters. The Morgan fingerprint density at radius 3 is 2.55 bits per heavy atom. The highest BCUT2D eigenvalue weighted by atomic mass is 32.2. The number of carbonyl (C=O) groups is 1. The van der Waals surface area contributed by atoms with Gasteiger partial charge < -0.3 is 5.32 Å². The van der Waals surface area contributed by atoms with E-state index in [0.29, 0.717) is 5.69 Å². The molecular weight excluding hydrogens is 320 g/mol. The molecule has 0 radical (unpaired) electrons. The molecule has 1 saturated carbocycles. The molecule has 7 heteroatoms. The summed E-state index contributed by atoms with van der Waals surface area (Å²) < 4.78 is 27.4. The van der Waals surface area contributed by atoms with Gasteiger partial charge in [-0.25, -0.2) is 13.1 Å². The minimum Gasteiger partial charge on any atom is -0.326 e. The number of hydrogen-bond acceptors (Lipinski definition) is 4. The van der Waals surface area contributed by atoms with E-state index in [1.54, 1.807) is 23.5 Å². The number of carbonyl (C=O) groups excluding carboxylic acids is 1. The second kappa shape index (κ2) is 5.83. The minimum absolute atomic E-state index is 0.0290. The molecule has 1 aliphatic carbocycles. The van der Waals surface area contributed by atoms with E-state index in [-0.39, 0.29) is 22.8 Å². The number of thiophene rings is 1. The van der Waals surface area contributed by atoms with E-state index in [1.165, 1.54) is 23.9 Å². The first-order valence-corrected chi connectivity index (χ1v) is 9.25. The largest absolute Gasteiger partial charge is 0.326 e. The summed E-state index contributed by atoms with van der Waals surface area (Å²) in [5, 5.41) is 4.61. The van der Waals surface area contributed by atoms with Crippen LogP contribution in [0.15, 0.2) is 46.7 Å². The van der Waals surface area contributed by atoms with E-state index in [9.17, 15) is 13.2 Å². The van der Waals surface area contributed by atoms with Gasteiger partial charge >= 0.3 is 0 Å². The zero-order chi connectivity index (χ0) is 15.7. The maximum atomic E-state index is 12.3. The summed E-state index contributed by atoms with van der Waals surface area (Å²) in [4.78, 5) is 12.4. The molecule has 1 heterocycles. The summed E-state index contributed by atoms with van der Waals surface area (Å²) in [6.07, 6.45) is 0.837. The molecule has 2 atom stereocenters. The van der Waals surface area contributed by atoms with Crippen LogP contribution in [0.25, 0.3) is 0 Å². The van der Waals surface area contributed by atoms with Gasteiger partial charge in [0.15, 0.2) is 0 Å². The number of amides is 1. The molecule has 3 rings (SSSR count). The summed E-state index contributed by atoms with van der Waals surface area (Å²) in [5.74, 6) is 0.0962. The Morgan fingerprint density at radius 1 is 1.23 bits per heavy atom. The number of anilines is 1. The Hall–Kier alpha value is -1.70. The fraction of sp³-hybridized carbons (Fsp3) is 0.267.